The number of aromatic nitrogens is 1. The highest BCUT2D eigenvalue weighted by Gasteiger charge is 2.22. The highest BCUT2D eigenvalue weighted by Crippen LogP contribution is 2.23. The topological polar surface area (TPSA) is 62.3 Å². The lowest BCUT2D eigenvalue weighted by molar-refractivity contribution is 0.0697. The summed E-state index contributed by atoms with van der Waals surface area (Å²) in [5.74, 6) is 0.168. The molecule has 1 N–H and O–H groups in total. The van der Waals surface area contributed by atoms with Gasteiger partial charge in [0.1, 0.15) is 0 Å². The fourth-order valence-electron chi connectivity index (χ4n) is 2.90. The number of anilines is 1. The lowest BCUT2D eigenvalue weighted by Gasteiger charge is -2.30. The Hall–Kier alpha value is -2.11. The Balaban J connectivity index is 1.74. The fourth-order valence-corrected chi connectivity index (χ4v) is 3.43. The summed E-state index contributed by atoms with van der Waals surface area (Å²) in [6, 6.07) is 6.35. The van der Waals surface area contributed by atoms with Crippen LogP contribution in [0.25, 0.3) is 0 Å². The number of carbonyl (C=O) groups excluding carboxylic acids is 2. The lowest BCUT2D eigenvalue weighted by Crippen LogP contribution is -2.38. The number of amides is 2. The van der Waals surface area contributed by atoms with E-state index in [1.807, 2.05) is 4.90 Å². The molecular weight excluding hydrogens is 373 g/mol. The summed E-state index contributed by atoms with van der Waals surface area (Å²) in [5, 5.41) is 3.57. The van der Waals surface area contributed by atoms with Gasteiger partial charge in [-0.1, -0.05) is 30.1 Å². The van der Waals surface area contributed by atoms with E-state index in [2.05, 4.69) is 17.2 Å². The zero-order valence-electron chi connectivity index (χ0n) is 14.3. The average molecular weight is 392 g/mol. The Kier molecular flexibility index (Phi) is 5.79. The number of carbonyl (C=O) groups is 2. The van der Waals surface area contributed by atoms with Crippen molar-refractivity contribution in [2.75, 3.05) is 18.4 Å². The summed E-state index contributed by atoms with van der Waals surface area (Å²) in [7, 11) is 0. The molecule has 0 aliphatic carbocycles. The van der Waals surface area contributed by atoms with Gasteiger partial charge in [-0.15, -0.1) is 0 Å². The standard InChI is InChI=1S/C19H19Cl2N3O2/c1-12-2-4-24(5-3-12)19(26)14-6-13(10-22-11-14)18(25)23-17-8-15(20)7-16(21)9-17/h6-12H,2-5H2,1H3,(H,23,25). The van der Waals surface area contributed by atoms with Crippen molar-refractivity contribution < 1.29 is 9.59 Å². The Morgan fingerprint density at radius 1 is 1.04 bits per heavy atom. The minimum atomic E-state index is -0.377. The third-order valence-corrected chi connectivity index (χ3v) is 4.88. The van der Waals surface area contributed by atoms with E-state index in [0.29, 0.717) is 32.8 Å². The van der Waals surface area contributed by atoms with Gasteiger partial charge in [-0.2, -0.15) is 0 Å². The quantitative estimate of drug-likeness (QED) is 0.836. The molecule has 0 bridgehead atoms. The molecule has 7 heteroatoms. The number of piperidine rings is 1. The molecule has 1 aromatic heterocycles. The number of pyridine rings is 1. The number of nitrogens with one attached hydrogen (secondary N) is 1. The van der Waals surface area contributed by atoms with Crippen LogP contribution in [0.2, 0.25) is 10.0 Å². The molecule has 2 amide bonds. The van der Waals surface area contributed by atoms with Crippen molar-refractivity contribution in [3.63, 3.8) is 0 Å². The van der Waals surface area contributed by atoms with E-state index in [-0.39, 0.29) is 11.8 Å². The molecule has 5 nitrogen and oxygen atoms in total. The molecule has 1 fully saturated rings. The Bertz CT molecular complexity index is 813. The predicted octanol–water partition coefficient (Wildman–Crippen LogP) is 4.51. The second kappa shape index (κ2) is 8.06. The summed E-state index contributed by atoms with van der Waals surface area (Å²) in [4.78, 5) is 31.0. The lowest BCUT2D eigenvalue weighted by atomic mass is 9.98. The van der Waals surface area contributed by atoms with Crippen LogP contribution in [0.3, 0.4) is 0 Å². The van der Waals surface area contributed by atoms with E-state index in [1.165, 1.54) is 12.4 Å². The van der Waals surface area contributed by atoms with Crippen LogP contribution in [0.15, 0.2) is 36.7 Å². The predicted molar refractivity (Wildman–Crippen MR) is 103 cm³/mol. The molecule has 0 radical (unpaired) electrons. The molecule has 0 spiro atoms. The first-order valence-electron chi connectivity index (χ1n) is 8.44. The first-order chi connectivity index (χ1) is 12.4. The van der Waals surface area contributed by atoms with Crippen molar-refractivity contribution in [1.82, 2.24) is 9.88 Å². The molecule has 3 rings (SSSR count). The van der Waals surface area contributed by atoms with Gasteiger partial charge < -0.3 is 10.2 Å². The van der Waals surface area contributed by atoms with Crippen LogP contribution in [-0.2, 0) is 0 Å². The maximum atomic E-state index is 12.6. The molecule has 2 aromatic rings. The summed E-state index contributed by atoms with van der Waals surface area (Å²) >= 11 is 11.9. The number of nitrogens with zero attached hydrogens (tertiary/aromatic N) is 2. The molecule has 0 unspecified atom stereocenters. The van der Waals surface area contributed by atoms with E-state index < -0.39 is 0 Å². The number of rotatable bonds is 3. The molecule has 1 saturated heterocycles. The van der Waals surface area contributed by atoms with Crippen molar-refractivity contribution in [3.05, 3.63) is 57.8 Å². The second-order valence-corrected chi connectivity index (χ2v) is 7.42. The van der Waals surface area contributed by atoms with Gasteiger partial charge in [-0.3, -0.25) is 14.6 Å². The van der Waals surface area contributed by atoms with Crippen LogP contribution in [-0.4, -0.2) is 34.8 Å². The Morgan fingerprint density at radius 2 is 1.65 bits per heavy atom. The van der Waals surface area contributed by atoms with Crippen molar-refractivity contribution in [1.29, 1.82) is 0 Å². The van der Waals surface area contributed by atoms with E-state index >= 15 is 0 Å². The Labute approximate surface area is 162 Å². The Morgan fingerprint density at radius 3 is 2.31 bits per heavy atom. The van der Waals surface area contributed by atoms with Gasteiger partial charge in [-0.05, 0) is 43.0 Å². The molecule has 1 aliphatic rings. The molecular formula is C19H19Cl2N3O2. The molecule has 1 aliphatic heterocycles. The van der Waals surface area contributed by atoms with E-state index in [4.69, 9.17) is 23.2 Å². The monoisotopic (exact) mass is 391 g/mol. The molecule has 1 aromatic carbocycles. The zero-order valence-corrected chi connectivity index (χ0v) is 15.8. The molecule has 136 valence electrons. The third kappa shape index (κ3) is 4.54. The summed E-state index contributed by atoms with van der Waals surface area (Å²) in [5.41, 5.74) is 1.20. The SMILES string of the molecule is CC1CCN(C(=O)c2cncc(C(=O)Nc3cc(Cl)cc(Cl)c3)c2)CC1. The van der Waals surface area contributed by atoms with E-state index in [1.54, 1.807) is 24.3 Å². The average Bonchev–Trinajstić information content (AvgIpc) is 2.61. The molecule has 2 heterocycles. The highest BCUT2D eigenvalue weighted by molar-refractivity contribution is 6.35. The van der Waals surface area contributed by atoms with Crippen LogP contribution < -0.4 is 5.32 Å². The largest absolute Gasteiger partial charge is 0.339 e. The van der Waals surface area contributed by atoms with Gasteiger partial charge in [0, 0.05) is 41.2 Å². The summed E-state index contributed by atoms with van der Waals surface area (Å²) in [6.07, 6.45) is 4.91. The summed E-state index contributed by atoms with van der Waals surface area (Å²) in [6.45, 7) is 3.66. The van der Waals surface area contributed by atoms with E-state index in [0.717, 1.165) is 25.9 Å². The van der Waals surface area contributed by atoms with Crippen molar-refractivity contribution in [2.45, 2.75) is 19.8 Å². The van der Waals surface area contributed by atoms with Crippen molar-refractivity contribution in [3.8, 4) is 0 Å². The number of likely N-dealkylation sites (tertiary alicyclic amines) is 1. The van der Waals surface area contributed by atoms with Gasteiger partial charge in [-0.25, -0.2) is 0 Å². The number of halogens is 2. The van der Waals surface area contributed by atoms with Gasteiger partial charge >= 0.3 is 0 Å². The maximum absolute atomic E-state index is 12.6. The van der Waals surface area contributed by atoms with Crippen LogP contribution >= 0.6 is 23.2 Å². The zero-order chi connectivity index (χ0) is 18.7. The molecule has 0 saturated carbocycles. The van der Waals surface area contributed by atoms with Crippen molar-refractivity contribution >= 4 is 40.7 Å². The van der Waals surface area contributed by atoms with Gasteiger partial charge in [0.2, 0.25) is 0 Å². The normalized spacial score (nSPS) is 15.0. The fraction of sp³-hybridized carbons (Fsp3) is 0.316. The van der Waals surface area contributed by atoms with Gasteiger partial charge in [0.25, 0.3) is 11.8 Å². The minimum absolute atomic E-state index is 0.0927. The van der Waals surface area contributed by atoms with Crippen LogP contribution in [0.4, 0.5) is 5.69 Å². The highest BCUT2D eigenvalue weighted by atomic mass is 35.5. The van der Waals surface area contributed by atoms with Crippen LogP contribution in [0.1, 0.15) is 40.5 Å². The number of benzene rings is 1. The second-order valence-electron chi connectivity index (χ2n) is 6.55. The van der Waals surface area contributed by atoms with Crippen molar-refractivity contribution in [2.24, 2.45) is 5.92 Å². The minimum Gasteiger partial charge on any atom is -0.339 e. The van der Waals surface area contributed by atoms with E-state index in [9.17, 15) is 9.59 Å². The molecule has 0 atom stereocenters. The van der Waals surface area contributed by atoms with Crippen LogP contribution in [0.5, 0.6) is 0 Å². The third-order valence-electron chi connectivity index (χ3n) is 4.44. The first kappa shape index (κ1) is 18.7. The first-order valence-corrected chi connectivity index (χ1v) is 9.20. The van der Waals surface area contributed by atoms with Crippen LogP contribution in [0, 0.1) is 5.92 Å². The molecule has 26 heavy (non-hydrogen) atoms. The number of hydrogen-bond acceptors (Lipinski definition) is 3. The van der Waals surface area contributed by atoms with Gasteiger partial charge in [0.15, 0.2) is 0 Å². The van der Waals surface area contributed by atoms with Gasteiger partial charge in [0.05, 0.1) is 11.1 Å². The summed E-state index contributed by atoms with van der Waals surface area (Å²) < 4.78 is 0. The maximum Gasteiger partial charge on any atom is 0.257 e. The number of hydrogen-bond donors (Lipinski definition) is 1. The smallest absolute Gasteiger partial charge is 0.257 e.